The first-order chi connectivity index (χ1) is 6.83. The molecular formula is C12H20O2. The maximum atomic E-state index is 10.9. The molecule has 2 nitrogen and oxygen atoms in total. The summed E-state index contributed by atoms with van der Waals surface area (Å²) in [4.78, 5) is 10.9. The predicted octanol–water partition coefficient (Wildman–Crippen LogP) is 3.22. The highest BCUT2D eigenvalue weighted by molar-refractivity contribution is 5.69. The molecule has 0 bridgehead atoms. The zero-order chi connectivity index (χ0) is 10.2. The molecule has 1 aliphatic carbocycles. The van der Waals surface area contributed by atoms with Gasteiger partial charge in [0.15, 0.2) is 0 Å². The van der Waals surface area contributed by atoms with Gasteiger partial charge in [-0.25, -0.2) is 0 Å². The first kappa shape index (κ1) is 11.3. The van der Waals surface area contributed by atoms with Crippen molar-refractivity contribution >= 4 is 5.97 Å². The van der Waals surface area contributed by atoms with E-state index in [0.29, 0.717) is 6.42 Å². The lowest BCUT2D eigenvalue weighted by Crippen LogP contribution is -1.99. The van der Waals surface area contributed by atoms with Gasteiger partial charge in [-0.15, -0.1) is 0 Å². The molecule has 0 aromatic carbocycles. The van der Waals surface area contributed by atoms with E-state index in [-0.39, 0.29) is 5.97 Å². The smallest absolute Gasteiger partial charge is 0.305 e. The minimum absolute atomic E-state index is 0.0841. The topological polar surface area (TPSA) is 26.3 Å². The van der Waals surface area contributed by atoms with Gasteiger partial charge in [-0.3, -0.25) is 4.79 Å². The Labute approximate surface area is 86.3 Å². The Bertz CT molecular complexity index is 206. The van der Waals surface area contributed by atoms with Crippen LogP contribution in [0.4, 0.5) is 0 Å². The van der Waals surface area contributed by atoms with Gasteiger partial charge in [-0.05, 0) is 38.5 Å². The Morgan fingerprint density at radius 1 is 1.43 bits per heavy atom. The number of carbonyl (C=O) groups is 1. The van der Waals surface area contributed by atoms with Crippen LogP contribution in [0.5, 0.6) is 0 Å². The lowest BCUT2D eigenvalue weighted by molar-refractivity contribution is -0.140. The maximum absolute atomic E-state index is 10.9. The van der Waals surface area contributed by atoms with Gasteiger partial charge in [0.05, 0.1) is 7.11 Å². The molecule has 0 N–H and O–H groups in total. The molecule has 14 heavy (non-hydrogen) atoms. The van der Waals surface area contributed by atoms with Crippen LogP contribution >= 0.6 is 0 Å². The second kappa shape index (κ2) is 6.63. The van der Waals surface area contributed by atoms with Gasteiger partial charge < -0.3 is 4.74 Å². The Morgan fingerprint density at radius 2 is 2.29 bits per heavy atom. The lowest BCUT2D eigenvalue weighted by Gasteiger charge is -2.04. The van der Waals surface area contributed by atoms with E-state index in [1.54, 1.807) is 5.57 Å². The summed E-state index contributed by atoms with van der Waals surface area (Å²) in [6, 6.07) is 0. The fourth-order valence-corrected chi connectivity index (χ4v) is 1.87. The summed E-state index contributed by atoms with van der Waals surface area (Å²) in [5, 5.41) is 0. The summed E-state index contributed by atoms with van der Waals surface area (Å²) < 4.78 is 4.61. The molecule has 0 saturated heterocycles. The fraction of sp³-hybridized carbons (Fsp3) is 0.750. The summed E-state index contributed by atoms with van der Waals surface area (Å²) in [5.41, 5.74) is 1.55. The second-order valence-corrected chi connectivity index (χ2v) is 3.89. The van der Waals surface area contributed by atoms with E-state index in [0.717, 1.165) is 12.8 Å². The minimum atomic E-state index is -0.0841. The molecule has 0 heterocycles. The zero-order valence-corrected chi connectivity index (χ0v) is 9.05. The molecule has 0 fully saturated rings. The van der Waals surface area contributed by atoms with Crippen molar-refractivity contribution < 1.29 is 9.53 Å². The van der Waals surface area contributed by atoms with Crippen LogP contribution < -0.4 is 0 Å². The van der Waals surface area contributed by atoms with Crippen LogP contribution in [0.1, 0.15) is 51.4 Å². The molecule has 1 aliphatic rings. The number of ether oxygens (including phenoxy) is 1. The average molecular weight is 196 g/mol. The molecule has 0 radical (unpaired) electrons. The van der Waals surface area contributed by atoms with E-state index in [4.69, 9.17) is 0 Å². The molecule has 0 atom stereocenters. The molecular weight excluding hydrogens is 176 g/mol. The first-order valence-corrected chi connectivity index (χ1v) is 5.57. The molecule has 0 amide bonds. The Morgan fingerprint density at radius 3 is 3.07 bits per heavy atom. The van der Waals surface area contributed by atoms with Crippen molar-refractivity contribution in [3.63, 3.8) is 0 Å². The van der Waals surface area contributed by atoms with Crippen molar-refractivity contribution in [2.45, 2.75) is 51.4 Å². The molecule has 0 aromatic heterocycles. The Hall–Kier alpha value is -0.790. The molecule has 0 saturated carbocycles. The van der Waals surface area contributed by atoms with E-state index in [1.807, 2.05) is 0 Å². The van der Waals surface area contributed by atoms with Crippen LogP contribution in [0.15, 0.2) is 11.6 Å². The van der Waals surface area contributed by atoms with Crippen molar-refractivity contribution in [3.05, 3.63) is 11.6 Å². The number of carbonyl (C=O) groups excluding carboxylic acids is 1. The van der Waals surface area contributed by atoms with Gasteiger partial charge in [0.2, 0.25) is 0 Å². The molecule has 0 unspecified atom stereocenters. The third-order valence-corrected chi connectivity index (χ3v) is 2.74. The van der Waals surface area contributed by atoms with E-state index in [1.165, 1.54) is 39.2 Å². The van der Waals surface area contributed by atoms with Gasteiger partial charge in [0.25, 0.3) is 0 Å². The lowest BCUT2D eigenvalue weighted by atomic mass is 10.0. The molecule has 0 spiro atoms. The van der Waals surface area contributed by atoms with Gasteiger partial charge in [0.1, 0.15) is 0 Å². The number of allylic oxidation sites excluding steroid dienone is 2. The SMILES string of the molecule is COC(=O)CCCC1=CCCCCC1. The molecule has 0 aromatic rings. The van der Waals surface area contributed by atoms with Gasteiger partial charge >= 0.3 is 5.97 Å². The molecule has 0 aliphatic heterocycles. The average Bonchev–Trinajstić information content (AvgIpc) is 2.46. The summed E-state index contributed by atoms with van der Waals surface area (Å²) in [7, 11) is 1.45. The number of hydrogen-bond acceptors (Lipinski definition) is 2. The highest BCUT2D eigenvalue weighted by atomic mass is 16.5. The van der Waals surface area contributed by atoms with Crippen LogP contribution in [0.3, 0.4) is 0 Å². The van der Waals surface area contributed by atoms with Gasteiger partial charge in [-0.1, -0.05) is 18.1 Å². The van der Waals surface area contributed by atoms with E-state index >= 15 is 0 Å². The third-order valence-electron chi connectivity index (χ3n) is 2.74. The highest BCUT2D eigenvalue weighted by Crippen LogP contribution is 2.21. The molecule has 1 rings (SSSR count). The molecule has 2 heteroatoms. The van der Waals surface area contributed by atoms with E-state index in [9.17, 15) is 4.79 Å². The fourth-order valence-electron chi connectivity index (χ4n) is 1.87. The van der Waals surface area contributed by atoms with Crippen molar-refractivity contribution in [3.8, 4) is 0 Å². The van der Waals surface area contributed by atoms with E-state index in [2.05, 4.69) is 10.8 Å². The van der Waals surface area contributed by atoms with Crippen molar-refractivity contribution in [1.29, 1.82) is 0 Å². The van der Waals surface area contributed by atoms with E-state index < -0.39 is 0 Å². The predicted molar refractivity (Wildman–Crippen MR) is 57.0 cm³/mol. The van der Waals surface area contributed by atoms with Crippen LogP contribution in [0.2, 0.25) is 0 Å². The normalized spacial score (nSPS) is 17.1. The summed E-state index contributed by atoms with van der Waals surface area (Å²) >= 11 is 0. The Kier molecular flexibility index (Phi) is 5.35. The number of rotatable bonds is 4. The van der Waals surface area contributed by atoms with Crippen molar-refractivity contribution in [2.24, 2.45) is 0 Å². The third kappa shape index (κ3) is 4.45. The van der Waals surface area contributed by atoms with Crippen LogP contribution in [-0.4, -0.2) is 13.1 Å². The van der Waals surface area contributed by atoms with Crippen LogP contribution in [0, 0.1) is 0 Å². The zero-order valence-electron chi connectivity index (χ0n) is 9.05. The Balaban J connectivity index is 2.16. The summed E-state index contributed by atoms with van der Waals surface area (Å²) in [6.45, 7) is 0. The summed E-state index contributed by atoms with van der Waals surface area (Å²) in [6.07, 6.45) is 11.4. The summed E-state index contributed by atoms with van der Waals surface area (Å²) in [5.74, 6) is -0.0841. The largest absolute Gasteiger partial charge is 0.469 e. The number of hydrogen-bond donors (Lipinski definition) is 0. The van der Waals surface area contributed by atoms with Crippen molar-refractivity contribution in [2.75, 3.05) is 7.11 Å². The van der Waals surface area contributed by atoms with Crippen LogP contribution in [0.25, 0.3) is 0 Å². The first-order valence-electron chi connectivity index (χ1n) is 5.57. The van der Waals surface area contributed by atoms with Gasteiger partial charge in [0, 0.05) is 6.42 Å². The van der Waals surface area contributed by atoms with Crippen LogP contribution in [-0.2, 0) is 9.53 Å². The monoisotopic (exact) mass is 196 g/mol. The number of methoxy groups -OCH3 is 1. The van der Waals surface area contributed by atoms with Gasteiger partial charge in [-0.2, -0.15) is 0 Å². The standard InChI is InChI=1S/C12H20O2/c1-14-12(13)10-6-9-11-7-4-2-3-5-8-11/h7H,2-6,8-10H2,1H3. The minimum Gasteiger partial charge on any atom is -0.469 e. The maximum Gasteiger partial charge on any atom is 0.305 e. The quantitative estimate of drug-likeness (QED) is 0.509. The second-order valence-electron chi connectivity index (χ2n) is 3.89. The highest BCUT2D eigenvalue weighted by Gasteiger charge is 2.04. The van der Waals surface area contributed by atoms with Crippen molar-refractivity contribution in [1.82, 2.24) is 0 Å². The molecule has 80 valence electrons. The number of esters is 1.